The van der Waals surface area contributed by atoms with Gasteiger partial charge in [-0.3, -0.25) is 0 Å². The molecule has 0 saturated heterocycles. The highest BCUT2D eigenvalue weighted by molar-refractivity contribution is 5.53. The molecule has 0 bridgehead atoms. The van der Waals surface area contributed by atoms with Crippen LogP contribution >= 0.6 is 0 Å². The summed E-state index contributed by atoms with van der Waals surface area (Å²) < 4.78 is 12.5. The first-order valence-corrected chi connectivity index (χ1v) is 4.84. The first-order valence-electron chi connectivity index (χ1n) is 4.84. The fourth-order valence-electron chi connectivity index (χ4n) is 1.28. The van der Waals surface area contributed by atoms with Crippen molar-refractivity contribution >= 4 is 6.08 Å². The Morgan fingerprint density at radius 2 is 2.07 bits per heavy atom. The van der Waals surface area contributed by atoms with E-state index < -0.39 is 11.9 Å². The molecule has 0 amide bonds. The average Bonchev–Trinajstić information content (AvgIpc) is 2.18. The molecule has 0 aliphatic carbocycles. The Morgan fingerprint density at radius 3 is 2.60 bits per heavy atom. The molecule has 0 fully saturated rings. The molecule has 0 heterocycles. The lowest BCUT2D eigenvalue weighted by atomic mass is 10.0. The Morgan fingerprint density at radius 1 is 1.47 bits per heavy atom. The van der Waals surface area contributed by atoms with Crippen LogP contribution in [0.15, 0.2) is 48.3 Å². The topological polar surface area (TPSA) is 20.2 Å². The summed E-state index contributed by atoms with van der Waals surface area (Å²) in [6, 6.07) is 9.62. The Balaban J connectivity index is 2.71. The molecule has 1 aromatic carbocycles. The summed E-state index contributed by atoms with van der Waals surface area (Å²) in [5, 5.41) is 9.58. The normalized spacial score (nSPS) is 13.7. The number of aliphatic hydroxyl groups is 1. The molecule has 0 aliphatic rings. The van der Waals surface area contributed by atoms with Gasteiger partial charge in [-0.15, -0.1) is 0 Å². The summed E-state index contributed by atoms with van der Waals surface area (Å²) in [4.78, 5) is 0. The van der Waals surface area contributed by atoms with Crippen LogP contribution in [0.5, 0.6) is 0 Å². The van der Waals surface area contributed by atoms with Gasteiger partial charge in [-0.05, 0) is 18.1 Å². The quantitative estimate of drug-likeness (QED) is 0.801. The SMILES string of the molecule is C=C(F)C[C@@H](O)/C(C)=C/c1ccccc1. The highest BCUT2D eigenvalue weighted by Gasteiger charge is 2.07. The highest BCUT2D eigenvalue weighted by atomic mass is 19.1. The molecule has 0 saturated carbocycles. The van der Waals surface area contributed by atoms with Gasteiger partial charge in [0.25, 0.3) is 0 Å². The second kappa shape index (κ2) is 5.47. The molecule has 0 spiro atoms. The van der Waals surface area contributed by atoms with Gasteiger partial charge < -0.3 is 5.11 Å². The van der Waals surface area contributed by atoms with Gasteiger partial charge in [0.1, 0.15) is 0 Å². The zero-order chi connectivity index (χ0) is 11.3. The van der Waals surface area contributed by atoms with Crippen LogP contribution in [0.4, 0.5) is 4.39 Å². The lowest BCUT2D eigenvalue weighted by Crippen LogP contribution is -2.07. The average molecular weight is 206 g/mol. The standard InChI is InChI=1S/C13H15FO/c1-10(13(15)9-11(2)14)8-12-6-4-3-5-7-12/h3-8,13,15H,2,9H2,1H3/b10-8+/t13-/m1/s1. The van der Waals surface area contributed by atoms with Crippen molar-refractivity contribution in [2.45, 2.75) is 19.4 Å². The van der Waals surface area contributed by atoms with E-state index in [2.05, 4.69) is 6.58 Å². The molecule has 0 unspecified atom stereocenters. The Labute approximate surface area is 89.6 Å². The van der Waals surface area contributed by atoms with Gasteiger partial charge in [0, 0.05) is 6.42 Å². The van der Waals surface area contributed by atoms with Gasteiger partial charge in [0.15, 0.2) is 0 Å². The molecule has 0 radical (unpaired) electrons. The number of rotatable bonds is 4. The van der Waals surface area contributed by atoms with E-state index in [-0.39, 0.29) is 6.42 Å². The van der Waals surface area contributed by atoms with Gasteiger partial charge in [0.2, 0.25) is 0 Å². The molecule has 1 rings (SSSR count). The fourth-order valence-corrected chi connectivity index (χ4v) is 1.28. The number of benzene rings is 1. The van der Waals surface area contributed by atoms with Crippen LogP contribution in [0.2, 0.25) is 0 Å². The van der Waals surface area contributed by atoms with Crippen molar-refractivity contribution in [3.05, 3.63) is 53.9 Å². The second-order valence-corrected chi connectivity index (χ2v) is 3.54. The third-order valence-electron chi connectivity index (χ3n) is 2.13. The molecule has 1 nitrogen and oxygen atoms in total. The summed E-state index contributed by atoms with van der Waals surface area (Å²) in [5.41, 5.74) is 1.73. The van der Waals surface area contributed by atoms with Gasteiger partial charge in [0.05, 0.1) is 11.9 Å². The van der Waals surface area contributed by atoms with Crippen molar-refractivity contribution in [1.29, 1.82) is 0 Å². The molecular weight excluding hydrogens is 191 g/mol. The fraction of sp³-hybridized carbons (Fsp3) is 0.231. The maximum atomic E-state index is 12.5. The van der Waals surface area contributed by atoms with Crippen molar-refractivity contribution in [2.75, 3.05) is 0 Å². The third kappa shape index (κ3) is 4.09. The van der Waals surface area contributed by atoms with Crippen molar-refractivity contribution in [2.24, 2.45) is 0 Å². The number of halogens is 1. The smallest absolute Gasteiger partial charge is 0.0957 e. The van der Waals surface area contributed by atoms with E-state index in [1.807, 2.05) is 36.4 Å². The molecule has 15 heavy (non-hydrogen) atoms. The molecular formula is C13H15FO. The van der Waals surface area contributed by atoms with Crippen LogP contribution in [0.25, 0.3) is 6.08 Å². The third-order valence-corrected chi connectivity index (χ3v) is 2.13. The minimum Gasteiger partial charge on any atom is -0.388 e. The van der Waals surface area contributed by atoms with Gasteiger partial charge in [-0.25, -0.2) is 4.39 Å². The number of aliphatic hydroxyl groups excluding tert-OH is 1. The van der Waals surface area contributed by atoms with Crippen molar-refractivity contribution in [3.63, 3.8) is 0 Å². The van der Waals surface area contributed by atoms with E-state index in [1.165, 1.54) is 0 Å². The van der Waals surface area contributed by atoms with Gasteiger partial charge in [-0.1, -0.05) is 43.0 Å². The van der Waals surface area contributed by atoms with E-state index in [4.69, 9.17) is 0 Å². The highest BCUT2D eigenvalue weighted by Crippen LogP contribution is 2.15. The van der Waals surface area contributed by atoms with E-state index in [1.54, 1.807) is 6.92 Å². The predicted octanol–water partition coefficient (Wildman–Crippen LogP) is 3.32. The monoisotopic (exact) mass is 206 g/mol. The molecule has 1 atom stereocenters. The van der Waals surface area contributed by atoms with Crippen molar-refractivity contribution < 1.29 is 9.50 Å². The molecule has 1 N–H and O–H groups in total. The van der Waals surface area contributed by atoms with Gasteiger partial charge >= 0.3 is 0 Å². The predicted molar refractivity (Wildman–Crippen MR) is 61.0 cm³/mol. The number of hydrogen-bond donors (Lipinski definition) is 1. The van der Waals surface area contributed by atoms with Crippen LogP contribution < -0.4 is 0 Å². The van der Waals surface area contributed by atoms with Crippen LogP contribution in [0.1, 0.15) is 18.9 Å². The Bertz CT molecular complexity index is 354. The second-order valence-electron chi connectivity index (χ2n) is 3.54. The first kappa shape index (κ1) is 11.7. The summed E-state index contributed by atoms with van der Waals surface area (Å²) >= 11 is 0. The minimum absolute atomic E-state index is 0.0326. The summed E-state index contributed by atoms with van der Waals surface area (Å²) in [6.07, 6.45) is 1.02. The van der Waals surface area contributed by atoms with E-state index in [0.29, 0.717) is 0 Å². The Hall–Kier alpha value is -1.41. The largest absolute Gasteiger partial charge is 0.388 e. The molecule has 2 heteroatoms. The van der Waals surface area contributed by atoms with Crippen LogP contribution in [0, 0.1) is 0 Å². The maximum absolute atomic E-state index is 12.5. The summed E-state index contributed by atoms with van der Waals surface area (Å²) in [5.74, 6) is -0.497. The van der Waals surface area contributed by atoms with E-state index in [9.17, 15) is 9.50 Å². The molecule has 0 aliphatic heterocycles. The Kier molecular flexibility index (Phi) is 4.25. The van der Waals surface area contributed by atoms with Crippen LogP contribution in [0.3, 0.4) is 0 Å². The van der Waals surface area contributed by atoms with E-state index in [0.717, 1.165) is 11.1 Å². The molecule has 1 aromatic rings. The van der Waals surface area contributed by atoms with E-state index >= 15 is 0 Å². The molecule has 0 aromatic heterocycles. The van der Waals surface area contributed by atoms with Gasteiger partial charge in [-0.2, -0.15) is 0 Å². The molecule has 80 valence electrons. The first-order chi connectivity index (χ1) is 7.09. The number of hydrogen-bond acceptors (Lipinski definition) is 1. The van der Waals surface area contributed by atoms with Crippen molar-refractivity contribution in [1.82, 2.24) is 0 Å². The lowest BCUT2D eigenvalue weighted by molar-refractivity contribution is 0.204. The van der Waals surface area contributed by atoms with Crippen LogP contribution in [-0.4, -0.2) is 11.2 Å². The summed E-state index contributed by atoms with van der Waals surface area (Å²) in [7, 11) is 0. The van der Waals surface area contributed by atoms with Crippen LogP contribution in [-0.2, 0) is 0 Å². The summed E-state index contributed by atoms with van der Waals surface area (Å²) in [6.45, 7) is 4.91. The lowest BCUT2D eigenvalue weighted by Gasteiger charge is -2.09. The van der Waals surface area contributed by atoms with Crippen molar-refractivity contribution in [3.8, 4) is 0 Å². The zero-order valence-corrected chi connectivity index (χ0v) is 8.78. The zero-order valence-electron chi connectivity index (χ0n) is 8.78. The maximum Gasteiger partial charge on any atom is 0.0957 e. The minimum atomic E-state index is -0.789.